The number of Topliss-reactive ketones (excluding diaryl/α,β-unsaturated/α-hetero) is 1. The van der Waals surface area contributed by atoms with Gasteiger partial charge in [-0.05, 0) is 92.4 Å². The molecule has 0 aromatic heterocycles. The maximum absolute atomic E-state index is 12.4. The third-order valence-corrected chi connectivity index (χ3v) is 7.48. The Morgan fingerprint density at radius 1 is 1.23 bits per heavy atom. The van der Waals surface area contributed by atoms with Gasteiger partial charge in [-0.1, -0.05) is 19.1 Å². The van der Waals surface area contributed by atoms with Crippen molar-refractivity contribution in [2.75, 3.05) is 6.61 Å². The normalized spacial score (nSPS) is 32.5. The van der Waals surface area contributed by atoms with E-state index in [4.69, 9.17) is 4.74 Å². The lowest BCUT2D eigenvalue weighted by Crippen LogP contribution is -2.42. The summed E-state index contributed by atoms with van der Waals surface area (Å²) in [4.78, 5) is 12.4. The van der Waals surface area contributed by atoms with Crippen LogP contribution in [0.3, 0.4) is 0 Å². The highest BCUT2D eigenvalue weighted by molar-refractivity contribution is 5.87. The minimum Gasteiger partial charge on any atom is -0.494 e. The van der Waals surface area contributed by atoms with Gasteiger partial charge in [-0.25, -0.2) is 0 Å². The molecule has 2 saturated carbocycles. The van der Waals surface area contributed by atoms with E-state index in [1.165, 1.54) is 18.4 Å². The average molecular weight is 353 g/mol. The first-order chi connectivity index (χ1) is 12.6. The topological polar surface area (TPSA) is 26.3 Å². The van der Waals surface area contributed by atoms with Gasteiger partial charge in [-0.2, -0.15) is 0 Å². The van der Waals surface area contributed by atoms with Crippen LogP contribution < -0.4 is 4.74 Å². The molecule has 0 radical (unpaired) electrons. The molecular formula is C24H32O2. The van der Waals surface area contributed by atoms with Crippen LogP contribution in [0.25, 0.3) is 0 Å². The van der Waals surface area contributed by atoms with Gasteiger partial charge in [0.05, 0.1) is 6.61 Å². The fourth-order valence-corrected chi connectivity index (χ4v) is 6.00. The standard InChI is InChI=1S/C24H32O2/c1-3-4-5-6-15-26-18-8-10-19-17(16-18)7-9-21-20(19)13-14-24(2)22(21)11-12-23(24)25/h3,8,10,16,20-22H,1,4-7,9,11-15H2,2H3/t20-,21-,22+,24+/m1/s1. The first-order valence-electron chi connectivity index (χ1n) is 10.5. The fraction of sp³-hybridized carbons (Fsp3) is 0.625. The molecule has 0 unspecified atom stereocenters. The highest BCUT2D eigenvalue weighted by Gasteiger charge is 2.54. The molecule has 0 saturated heterocycles. The highest BCUT2D eigenvalue weighted by atomic mass is 16.5. The Balaban J connectivity index is 1.46. The Labute approximate surface area is 158 Å². The van der Waals surface area contributed by atoms with Crippen LogP contribution in [0, 0.1) is 17.3 Å². The molecule has 2 fully saturated rings. The van der Waals surface area contributed by atoms with Gasteiger partial charge < -0.3 is 4.74 Å². The van der Waals surface area contributed by atoms with Crippen LogP contribution in [0.5, 0.6) is 5.75 Å². The van der Waals surface area contributed by atoms with E-state index >= 15 is 0 Å². The number of carbonyl (C=O) groups is 1. The number of unbranched alkanes of at least 4 members (excludes halogenated alkanes) is 2. The summed E-state index contributed by atoms with van der Waals surface area (Å²) in [6.45, 7) is 6.81. The molecule has 26 heavy (non-hydrogen) atoms. The van der Waals surface area contributed by atoms with E-state index < -0.39 is 0 Å². The van der Waals surface area contributed by atoms with Crippen LogP contribution in [-0.4, -0.2) is 12.4 Å². The largest absolute Gasteiger partial charge is 0.494 e. The van der Waals surface area contributed by atoms with Crippen LogP contribution >= 0.6 is 0 Å². The highest BCUT2D eigenvalue weighted by Crippen LogP contribution is 2.59. The summed E-state index contributed by atoms with van der Waals surface area (Å²) >= 11 is 0. The molecule has 2 heteroatoms. The van der Waals surface area contributed by atoms with E-state index in [0.717, 1.165) is 57.3 Å². The zero-order chi connectivity index (χ0) is 18.1. The lowest BCUT2D eigenvalue weighted by Gasteiger charge is -2.48. The SMILES string of the molecule is C=CCCCCOc1ccc2c(c1)CC[C@@H]1[C@@H]2CC[C@]2(C)C(=O)CC[C@@H]12. The number of carbonyl (C=O) groups excluding carboxylic acids is 1. The first kappa shape index (κ1) is 17.8. The van der Waals surface area contributed by atoms with Crippen molar-refractivity contribution in [1.82, 2.24) is 0 Å². The molecule has 3 aliphatic rings. The molecule has 0 amide bonds. The molecule has 3 aliphatic carbocycles. The van der Waals surface area contributed by atoms with E-state index in [1.54, 1.807) is 5.56 Å². The van der Waals surface area contributed by atoms with Gasteiger partial charge in [0.25, 0.3) is 0 Å². The Hall–Kier alpha value is -1.57. The second kappa shape index (κ2) is 7.21. The lowest BCUT2D eigenvalue weighted by atomic mass is 9.55. The Morgan fingerprint density at radius 3 is 2.96 bits per heavy atom. The molecular weight excluding hydrogens is 320 g/mol. The third kappa shape index (κ3) is 3.02. The van der Waals surface area contributed by atoms with Gasteiger partial charge in [0.15, 0.2) is 0 Å². The van der Waals surface area contributed by atoms with Gasteiger partial charge in [0.1, 0.15) is 11.5 Å². The summed E-state index contributed by atoms with van der Waals surface area (Å²) in [5, 5.41) is 0. The quantitative estimate of drug-likeness (QED) is 0.474. The molecule has 4 rings (SSSR count). The number of hydrogen-bond acceptors (Lipinski definition) is 2. The van der Waals surface area contributed by atoms with E-state index in [0.29, 0.717) is 23.5 Å². The summed E-state index contributed by atoms with van der Waals surface area (Å²) in [5.74, 6) is 3.54. The smallest absolute Gasteiger partial charge is 0.139 e. The first-order valence-corrected chi connectivity index (χ1v) is 10.5. The van der Waals surface area contributed by atoms with E-state index in [2.05, 4.69) is 31.7 Å². The third-order valence-electron chi connectivity index (χ3n) is 7.48. The molecule has 1 aromatic carbocycles. The number of ketones is 1. The predicted molar refractivity (Wildman–Crippen MR) is 106 cm³/mol. The van der Waals surface area contributed by atoms with Crippen molar-refractivity contribution in [2.45, 2.75) is 70.6 Å². The molecule has 0 heterocycles. The number of aryl methyl sites for hydroxylation is 1. The number of rotatable bonds is 6. The minimum absolute atomic E-state index is 0.0207. The summed E-state index contributed by atoms with van der Waals surface area (Å²) in [5.41, 5.74) is 3.01. The maximum Gasteiger partial charge on any atom is 0.139 e. The molecule has 140 valence electrons. The monoisotopic (exact) mass is 352 g/mol. The van der Waals surface area contributed by atoms with Gasteiger partial charge in [0, 0.05) is 11.8 Å². The maximum atomic E-state index is 12.4. The number of fused-ring (bicyclic) bond motifs is 5. The molecule has 0 N–H and O–H groups in total. The lowest BCUT2D eigenvalue weighted by molar-refractivity contribution is -0.129. The van der Waals surface area contributed by atoms with Crippen LogP contribution in [-0.2, 0) is 11.2 Å². The van der Waals surface area contributed by atoms with E-state index in [-0.39, 0.29) is 5.41 Å². The average Bonchev–Trinajstić information content (AvgIpc) is 2.96. The summed E-state index contributed by atoms with van der Waals surface area (Å²) in [7, 11) is 0. The van der Waals surface area contributed by atoms with Crippen molar-refractivity contribution >= 4 is 5.78 Å². The number of hydrogen-bond donors (Lipinski definition) is 0. The van der Waals surface area contributed by atoms with Crippen LogP contribution in [0.1, 0.15) is 75.3 Å². The zero-order valence-electron chi connectivity index (χ0n) is 16.1. The number of allylic oxidation sites excluding steroid dienone is 1. The molecule has 4 atom stereocenters. The summed E-state index contributed by atoms with van der Waals surface area (Å²) < 4.78 is 5.98. The second-order valence-corrected chi connectivity index (χ2v) is 8.83. The van der Waals surface area contributed by atoms with Gasteiger partial charge in [-0.15, -0.1) is 6.58 Å². The minimum atomic E-state index is -0.0207. The summed E-state index contributed by atoms with van der Waals surface area (Å²) in [6.07, 6.45) is 11.9. The molecule has 0 bridgehead atoms. The van der Waals surface area contributed by atoms with Gasteiger partial charge in [-0.3, -0.25) is 4.79 Å². The Bertz CT molecular complexity index is 691. The van der Waals surface area contributed by atoms with Crippen molar-refractivity contribution in [3.63, 3.8) is 0 Å². The summed E-state index contributed by atoms with van der Waals surface area (Å²) in [6, 6.07) is 6.78. The molecule has 0 aliphatic heterocycles. The van der Waals surface area contributed by atoms with Crippen molar-refractivity contribution < 1.29 is 9.53 Å². The van der Waals surface area contributed by atoms with Gasteiger partial charge in [0.2, 0.25) is 0 Å². The van der Waals surface area contributed by atoms with Gasteiger partial charge >= 0.3 is 0 Å². The van der Waals surface area contributed by atoms with Crippen LogP contribution in [0.2, 0.25) is 0 Å². The molecule has 2 nitrogen and oxygen atoms in total. The molecule has 1 aromatic rings. The zero-order valence-corrected chi connectivity index (χ0v) is 16.1. The van der Waals surface area contributed by atoms with Crippen molar-refractivity contribution in [3.8, 4) is 5.75 Å². The van der Waals surface area contributed by atoms with Crippen LogP contribution in [0.4, 0.5) is 0 Å². The van der Waals surface area contributed by atoms with Crippen LogP contribution in [0.15, 0.2) is 30.9 Å². The second-order valence-electron chi connectivity index (χ2n) is 8.83. The fourth-order valence-electron chi connectivity index (χ4n) is 6.00. The molecule has 0 spiro atoms. The van der Waals surface area contributed by atoms with E-state index in [9.17, 15) is 4.79 Å². The predicted octanol–water partition coefficient (Wildman–Crippen LogP) is 5.85. The number of benzene rings is 1. The van der Waals surface area contributed by atoms with Crippen molar-refractivity contribution in [3.05, 3.63) is 42.0 Å². The number of ether oxygens (including phenoxy) is 1. The van der Waals surface area contributed by atoms with E-state index in [1.807, 2.05) is 6.08 Å². The Kier molecular flexibility index (Phi) is 4.94. The van der Waals surface area contributed by atoms with Crippen molar-refractivity contribution in [2.24, 2.45) is 17.3 Å². The Morgan fingerprint density at radius 2 is 2.12 bits per heavy atom. The van der Waals surface area contributed by atoms with Crippen molar-refractivity contribution in [1.29, 1.82) is 0 Å².